The number of carbonyl (C=O) groups excluding carboxylic acids is 1. The maximum Gasteiger partial charge on any atom is 0.251 e. The molecule has 24 heavy (non-hydrogen) atoms. The third-order valence-electron chi connectivity index (χ3n) is 3.71. The highest BCUT2D eigenvalue weighted by Gasteiger charge is 2.23. The third kappa shape index (κ3) is 3.57. The molecule has 1 aromatic carbocycles. The quantitative estimate of drug-likeness (QED) is 0.830. The third-order valence-corrected chi connectivity index (χ3v) is 3.71. The van der Waals surface area contributed by atoms with Gasteiger partial charge in [0.2, 0.25) is 5.95 Å². The Morgan fingerprint density at radius 2 is 2.17 bits per heavy atom. The fraction of sp³-hybridized carbons (Fsp3) is 0.250. The molecule has 122 valence electrons. The van der Waals surface area contributed by atoms with Gasteiger partial charge in [-0.3, -0.25) is 4.79 Å². The molecule has 0 bridgehead atoms. The number of hydrogen-bond acceptors (Lipinski definition) is 6. The monoisotopic (exact) mass is 326 g/mol. The Bertz CT molecular complexity index is 776. The van der Waals surface area contributed by atoms with E-state index >= 15 is 0 Å². The van der Waals surface area contributed by atoms with Gasteiger partial charge in [0, 0.05) is 37.1 Å². The number of benzene rings is 1. The standard InChI is InChI=1S/C16H15FN6O/c17-13-8-11(15(24)21-12-4-7-23(9-12)10-18)2-3-14(13)22-16-19-5-1-6-20-16/h1-3,5-6,8,12H,4,7,9H2,(H,21,24)(H,19,20,22)/t12-/m1/s1. The normalized spacial score (nSPS) is 16.5. The van der Waals surface area contributed by atoms with Crippen molar-refractivity contribution in [2.24, 2.45) is 0 Å². The van der Waals surface area contributed by atoms with Crippen LogP contribution in [0.4, 0.5) is 16.0 Å². The summed E-state index contributed by atoms with van der Waals surface area (Å²) in [6, 6.07) is 5.72. The van der Waals surface area contributed by atoms with Crippen molar-refractivity contribution in [3.05, 3.63) is 48.0 Å². The van der Waals surface area contributed by atoms with E-state index in [1.54, 1.807) is 23.4 Å². The summed E-state index contributed by atoms with van der Waals surface area (Å²) >= 11 is 0. The topological polar surface area (TPSA) is 93.9 Å². The van der Waals surface area contributed by atoms with Crippen molar-refractivity contribution in [2.75, 3.05) is 18.4 Å². The lowest BCUT2D eigenvalue weighted by Crippen LogP contribution is -2.36. The van der Waals surface area contributed by atoms with E-state index in [-0.39, 0.29) is 29.1 Å². The number of rotatable bonds is 4. The van der Waals surface area contributed by atoms with Crippen LogP contribution in [0.1, 0.15) is 16.8 Å². The van der Waals surface area contributed by atoms with E-state index in [1.807, 2.05) is 6.19 Å². The average Bonchev–Trinajstić information content (AvgIpc) is 3.05. The molecule has 2 aromatic rings. The number of amides is 1. The van der Waals surface area contributed by atoms with Gasteiger partial charge in [0.15, 0.2) is 6.19 Å². The van der Waals surface area contributed by atoms with Gasteiger partial charge >= 0.3 is 0 Å². The predicted molar refractivity (Wildman–Crippen MR) is 84.8 cm³/mol. The SMILES string of the molecule is N#CN1CC[C@@H](NC(=O)c2ccc(Nc3ncccn3)c(F)c2)C1. The van der Waals surface area contributed by atoms with Crippen LogP contribution in [-0.4, -0.2) is 39.9 Å². The van der Waals surface area contributed by atoms with Gasteiger partial charge in [-0.15, -0.1) is 0 Å². The first-order valence-electron chi connectivity index (χ1n) is 7.45. The van der Waals surface area contributed by atoms with Gasteiger partial charge in [-0.2, -0.15) is 5.26 Å². The molecule has 1 atom stereocenters. The van der Waals surface area contributed by atoms with Crippen LogP contribution in [0.15, 0.2) is 36.7 Å². The van der Waals surface area contributed by atoms with Gasteiger partial charge < -0.3 is 15.5 Å². The highest BCUT2D eigenvalue weighted by molar-refractivity contribution is 5.94. The highest BCUT2D eigenvalue weighted by Crippen LogP contribution is 2.19. The molecule has 1 fully saturated rings. The molecule has 8 heteroatoms. The number of nitriles is 1. The Morgan fingerprint density at radius 1 is 1.38 bits per heavy atom. The van der Waals surface area contributed by atoms with E-state index < -0.39 is 5.82 Å². The first-order chi connectivity index (χ1) is 11.7. The molecule has 0 saturated carbocycles. The summed E-state index contributed by atoms with van der Waals surface area (Å²) in [6.45, 7) is 1.10. The second kappa shape index (κ2) is 6.91. The molecule has 0 spiro atoms. The molecule has 3 rings (SSSR count). The number of anilines is 2. The zero-order valence-corrected chi connectivity index (χ0v) is 12.7. The van der Waals surface area contributed by atoms with Crippen LogP contribution in [0, 0.1) is 17.3 Å². The lowest BCUT2D eigenvalue weighted by atomic mass is 10.1. The van der Waals surface area contributed by atoms with E-state index in [4.69, 9.17) is 5.26 Å². The van der Waals surface area contributed by atoms with Crippen molar-refractivity contribution in [1.82, 2.24) is 20.2 Å². The highest BCUT2D eigenvalue weighted by atomic mass is 19.1. The Labute approximate surface area is 138 Å². The summed E-state index contributed by atoms with van der Waals surface area (Å²) in [6.07, 6.45) is 5.84. The second-order valence-corrected chi connectivity index (χ2v) is 5.40. The van der Waals surface area contributed by atoms with Crippen LogP contribution in [0.2, 0.25) is 0 Å². The summed E-state index contributed by atoms with van der Waals surface area (Å²) in [4.78, 5) is 21.7. The number of nitrogens with zero attached hydrogens (tertiary/aromatic N) is 4. The van der Waals surface area contributed by atoms with Crippen molar-refractivity contribution in [1.29, 1.82) is 5.26 Å². The lowest BCUT2D eigenvalue weighted by molar-refractivity contribution is 0.0938. The Hall–Kier alpha value is -3.21. The lowest BCUT2D eigenvalue weighted by Gasteiger charge is -2.13. The van der Waals surface area contributed by atoms with E-state index in [2.05, 4.69) is 20.6 Å². The van der Waals surface area contributed by atoms with Crippen LogP contribution >= 0.6 is 0 Å². The van der Waals surface area contributed by atoms with Gasteiger partial charge in [0.25, 0.3) is 5.91 Å². The molecule has 0 unspecified atom stereocenters. The molecule has 1 aliphatic rings. The molecule has 2 N–H and O–H groups in total. The predicted octanol–water partition coefficient (Wildman–Crippen LogP) is 1.64. The van der Waals surface area contributed by atoms with Crippen molar-refractivity contribution in [3.8, 4) is 6.19 Å². The minimum Gasteiger partial charge on any atom is -0.347 e. The summed E-state index contributed by atoms with van der Waals surface area (Å²) < 4.78 is 14.2. The first-order valence-corrected chi connectivity index (χ1v) is 7.45. The summed E-state index contributed by atoms with van der Waals surface area (Å²) in [5.74, 6) is -0.655. The first kappa shape index (κ1) is 15.7. The van der Waals surface area contributed by atoms with E-state index in [1.165, 1.54) is 12.1 Å². The van der Waals surface area contributed by atoms with Crippen LogP contribution in [0.3, 0.4) is 0 Å². The molecule has 2 heterocycles. The molecule has 1 aromatic heterocycles. The van der Waals surface area contributed by atoms with Crippen molar-refractivity contribution in [3.63, 3.8) is 0 Å². The van der Waals surface area contributed by atoms with Gasteiger partial charge in [-0.05, 0) is 30.7 Å². The van der Waals surface area contributed by atoms with Crippen molar-refractivity contribution >= 4 is 17.5 Å². The zero-order chi connectivity index (χ0) is 16.9. The Balaban J connectivity index is 1.66. The van der Waals surface area contributed by atoms with E-state index in [0.717, 1.165) is 6.07 Å². The van der Waals surface area contributed by atoms with Crippen LogP contribution in [0.25, 0.3) is 0 Å². The van der Waals surface area contributed by atoms with E-state index in [0.29, 0.717) is 19.5 Å². The number of halogens is 1. The molecule has 1 saturated heterocycles. The Kier molecular flexibility index (Phi) is 4.52. The van der Waals surface area contributed by atoms with Gasteiger partial charge in [0.05, 0.1) is 5.69 Å². The Morgan fingerprint density at radius 3 is 2.83 bits per heavy atom. The molecule has 0 aliphatic carbocycles. The summed E-state index contributed by atoms with van der Waals surface area (Å²) in [5, 5.41) is 14.4. The van der Waals surface area contributed by atoms with Crippen LogP contribution in [0.5, 0.6) is 0 Å². The molecular formula is C16H15FN6O. The van der Waals surface area contributed by atoms with E-state index in [9.17, 15) is 9.18 Å². The average molecular weight is 326 g/mol. The minimum absolute atomic E-state index is 0.101. The zero-order valence-electron chi connectivity index (χ0n) is 12.7. The molecular weight excluding hydrogens is 311 g/mol. The van der Waals surface area contributed by atoms with Gasteiger partial charge in [-0.1, -0.05) is 0 Å². The maximum absolute atomic E-state index is 14.2. The number of hydrogen-bond donors (Lipinski definition) is 2. The van der Waals surface area contributed by atoms with Crippen molar-refractivity contribution < 1.29 is 9.18 Å². The molecule has 7 nitrogen and oxygen atoms in total. The fourth-order valence-corrected chi connectivity index (χ4v) is 2.48. The number of carbonyl (C=O) groups is 1. The summed E-state index contributed by atoms with van der Waals surface area (Å²) in [5.41, 5.74) is 0.414. The molecule has 1 aliphatic heterocycles. The molecule has 1 amide bonds. The second-order valence-electron chi connectivity index (χ2n) is 5.40. The smallest absolute Gasteiger partial charge is 0.251 e. The number of likely N-dealkylation sites (tertiary alicyclic amines) is 1. The van der Waals surface area contributed by atoms with Crippen molar-refractivity contribution in [2.45, 2.75) is 12.5 Å². The summed E-state index contributed by atoms with van der Waals surface area (Å²) in [7, 11) is 0. The largest absolute Gasteiger partial charge is 0.347 e. The number of aromatic nitrogens is 2. The minimum atomic E-state index is -0.569. The van der Waals surface area contributed by atoms with Crippen LogP contribution < -0.4 is 10.6 Å². The van der Waals surface area contributed by atoms with Gasteiger partial charge in [-0.25, -0.2) is 14.4 Å². The van der Waals surface area contributed by atoms with Crippen LogP contribution in [-0.2, 0) is 0 Å². The van der Waals surface area contributed by atoms with Gasteiger partial charge in [0.1, 0.15) is 5.82 Å². The number of nitrogens with one attached hydrogen (secondary N) is 2. The fourth-order valence-electron chi connectivity index (χ4n) is 2.48. The molecule has 0 radical (unpaired) electrons. The maximum atomic E-state index is 14.2.